The normalized spacial score (nSPS) is 10.2. The molecule has 0 unspecified atom stereocenters. The molecule has 1 aromatic heterocycles. The Morgan fingerprint density at radius 2 is 1.78 bits per heavy atom. The number of aryl methyl sites for hydroxylation is 2. The number of carboxylic acid groups (broad SMARTS) is 1. The minimum atomic E-state index is -1.10. The molecule has 0 bridgehead atoms. The van der Waals surface area contributed by atoms with Gasteiger partial charge in [0.05, 0.1) is 5.97 Å². The highest BCUT2D eigenvalue weighted by molar-refractivity contribution is 5.87. The van der Waals surface area contributed by atoms with Gasteiger partial charge in [0.15, 0.2) is 12.4 Å². The van der Waals surface area contributed by atoms with E-state index in [9.17, 15) is 9.90 Å². The molecule has 0 aliphatic rings. The van der Waals surface area contributed by atoms with Gasteiger partial charge in [-0.3, -0.25) is 0 Å². The maximum atomic E-state index is 10.9. The molecule has 18 heavy (non-hydrogen) atoms. The van der Waals surface area contributed by atoms with Gasteiger partial charge < -0.3 is 9.90 Å². The topological polar surface area (TPSA) is 44.0 Å². The van der Waals surface area contributed by atoms with Gasteiger partial charge in [-0.1, -0.05) is 30.3 Å². The van der Waals surface area contributed by atoms with E-state index in [-0.39, 0.29) is 0 Å². The minimum Gasteiger partial charge on any atom is -0.545 e. The second kappa shape index (κ2) is 5.96. The van der Waals surface area contributed by atoms with Crippen LogP contribution in [0.1, 0.15) is 22.3 Å². The third-order valence-electron chi connectivity index (χ3n) is 2.88. The molecule has 0 aliphatic carbocycles. The van der Waals surface area contributed by atoms with Crippen LogP contribution in [0.2, 0.25) is 0 Å². The average Bonchev–Trinajstić information content (AvgIpc) is 2.40. The van der Waals surface area contributed by atoms with Gasteiger partial charge in [0.1, 0.15) is 6.54 Å². The van der Waals surface area contributed by atoms with Crippen molar-refractivity contribution in [2.24, 2.45) is 0 Å². The highest BCUT2D eigenvalue weighted by Crippen LogP contribution is 2.10. The molecular weight excluding hydrogens is 226 g/mol. The van der Waals surface area contributed by atoms with Crippen LogP contribution >= 0.6 is 0 Å². The van der Waals surface area contributed by atoms with Crippen LogP contribution in [-0.4, -0.2) is 5.97 Å². The summed E-state index contributed by atoms with van der Waals surface area (Å²) in [5.74, 6) is -1.10. The molecule has 0 fully saturated rings. The molecule has 0 aliphatic heterocycles. The molecule has 3 heteroatoms. The van der Waals surface area contributed by atoms with Gasteiger partial charge in [0.2, 0.25) is 0 Å². The van der Waals surface area contributed by atoms with E-state index in [0.29, 0.717) is 5.56 Å². The molecule has 0 atom stereocenters. The highest BCUT2D eigenvalue weighted by Gasteiger charge is 2.04. The van der Waals surface area contributed by atoms with Crippen molar-refractivity contribution in [2.75, 3.05) is 0 Å². The minimum absolute atomic E-state index is 0.301. The number of carbonyl (C=O) groups excluding carboxylic acids is 1. The number of hydrogen-bond donors (Lipinski definition) is 0. The second-order valence-corrected chi connectivity index (χ2v) is 4.16. The Balaban J connectivity index is 1.97. The molecule has 92 valence electrons. The first-order valence-corrected chi connectivity index (χ1v) is 6.01. The van der Waals surface area contributed by atoms with Crippen LogP contribution in [0.3, 0.4) is 0 Å². The monoisotopic (exact) mass is 241 g/mol. The number of aromatic nitrogens is 1. The molecule has 0 N–H and O–H groups in total. The average molecular weight is 241 g/mol. The summed E-state index contributed by atoms with van der Waals surface area (Å²) in [6.45, 7) is 0.877. The van der Waals surface area contributed by atoms with E-state index in [1.807, 2.05) is 42.7 Å². The van der Waals surface area contributed by atoms with Crippen LogP contribution in [0.4, 0.5) is 0 Å². The van der Waals surface area contributed by atoms with Gasteiger partial charge in [-0.2, -0.15) is 0 Å². The Kier molecular flexibility index (Phi) is 4.07. The van der Waals surface area contributed by atoms with Crippen LogP contribution in [0, 0.1) is 0 Å². The predicted octanol–water partition coefficient (Wildman–Crippen LogP) is 0.970. The number of rotatable bonds is 5. The molecule has 0 radical (unpaired) electrons. The molecule has 3 nitrogen and oxygen atoms in total. The standard InChI is InChI=1S/C15H15NO2/c17-15(18)14-9-3-2-7-13(14)8-6-12-16-10-4-1-5-11-16/h1-5,7,9-11H,6,8,12H2. The molecule has 0 amide bonds. The van der Waals surface area contributed by atoms with E-state index in [2.05, 4.69) is 4.57 Å². The molecule has 2 aromatic rings. The van der Waals surface area contributed by atoms with Gasteiger partial charge in [-0.25, -0.2) is 4.57 Å². The Hall–Kier alpha value is -2.16. The Labute approximate surface area is 106 Å². The fourth-order valence-electron chi connectivity index (χ4n) is 1.97. The van der Waals surface area contributed by atoms with Gasteiger partial charge in [-0.05, 0) is 12.0 Å². The van der Waals surface area contributed by atoms with Crippen molar-refractivity contribution in [3.05, 3.63) is 66.0 Å². The molecular formula is C15H15NO2. The summed E-state index contributed by atoms with van der Waals surface area (Å²) in [5, 5.41) is 10.9. The Morgan fingerprint density at radius 3 is 2.50 bits per heavy atom. The SMILES string of the molecule is O=C([O-])c1ccccc1CCC[n+]1ccccc1. The van der Waals surface area contributed by atoms with Crippen molar-refractivity contribution in [1.82, 2.24) is 0 Å². The maximum Gasteiger partial charge on any atom is 0.168 e. The highest BCUT2D eigenvalue weighted by atomic mass is 16.4. The third kappa shape index (κ3) is 3.17. The molecule has 1 aromatic carbocycles. The summed E-state index contributed by atoms with van der Waals surface area (Å²) in [7, 11) is 0. The largest absolute Gasteiger partial charge is 0.545 e. The smallest absolute Gasteiger partial charge is 0.168 e. The number of pyridine rings is 1. The van der Waals surface area contributed by atoms with Crippen molar-refractivity contribution in [1.29, 1.82) is 0 Å². The predicted molar refractivity (Wildman–Crippen MR) is 65.7 cm³/mol. The summed E-state index contributed by atoms with van der Waals surface area (Å²) in [6.07, 6.45) is 5.65. The van der Waals surface area contributed by atoms with Gasteiger partial charge in [0, 0.05) is 24.1 Å². The summed E-state index contributed by atoms with van der Waals surface area (Å²) < 4.78 is 2.08. The maximum absolute atomic E-state index is 10.9. The van der Waals surface area contributed by atoms with Crippen LogP contribution in [-0.2, 0) is 13.0 Å². The van der Waals surface area contributed by atoms with Gasteiger partial charge in [-0.15, -0.1) is 0 Å². The Bertz CT molecular complexity index is 523. The Morgan fingerprint density at radius 1 is 1.06 bits per heavy atom. The number of benzene rings is 1. The van der Waals surface area contributed by atoms with Crippen molar-refractivity contribution in [2.45, 2.75) is 19.4 Å². The summed E-state index contributed by atoms with van der Waals surface area (Å²) in [4.78, 5) is 10.9. The molecule has 2 rings (SSSR count). The van der Waals surface area contributed by atoms with Crippen LogP contribution in [0.5, 0.6) is 0 Å². The van der Waals surface area contributed by atoms with Crippen molar-refractivity contribution >= 4 is 5.97 Å². The first-order chi connectivity index (χ1) is 8.77. The van der Waals surface area contributed by atoms with Gasteiger partial charge in [0.25, 0.3) is 0 Å². The molecule has 0 saturated carbocycles. The molecule has 1 heterocycles. The lowest BCUT2D eigenvalue weighted by Crippen LogP contribution is -2.32. The lowest BCUT2D eigenvalue weighted by Gasteiger charge is -2.08. The molecule has 0 saturated heterocycles. The van der Waals surface area contributed by atoms with E-state index in [1.54, 1.807) is 12.1 Å². The zero-order valence-corrected chi connectivity index (χ0v) is 10.1. The van der Waals surface area contributed by atoms with E-state index >= 15 is 0 Å². The quantitative estimate of drug-likeness (QED) is 0.732. The fourth-order valence-corrected chi connectivity index (χ4v) is 1.97. The third-order valence-corrected chi connectivity index (χ3v) is 2.88. The van der Waals surface area contributed by atoms with Crippen molar-refractivity contribution in [3.63, 3.8) is 0 Å². The zero-order valence-electron chi connectivity index (χ0n) is 10.1. The number of carboxylic acids is 1. The lowest BCUT2D eigenvalue weighted by atomic mass is 10.0. The van der Waals surface area contributed by atoms with Gasteiger partial charge >= 0.3 is 0 Å². The zero-order chi connectivity index (χ0) is 12.8. The molecule has 0 spiro atoms. The summed E-state index contributed by atoms with van der Waals surface area (Å²) in [6, 6.07) is 13.0. The van der Waals surface area contributed by atoms with E-state index < -0.39 is 5.97 Å². The number of hydrogen-bond acceptors (Lipinski definition) is 2. The number of aromatic carboxylic acids is 1. The summed E-state index contributed by atoms with van der Waals surface area (Å²) >= 11 is 0. The number of nitrogens with zero attached hydrogens (tertiary/aromatic N) is 1. The lowest BCUT2D eigenvalue weighted by molar-refractivity contribution is -0.697. The van der Waals surface area contributed by atoms with Crippen molar-refractivity contribution < 1.29 is 14.5 Å². The van der Waals surface area contributed by atoms with Crippen LogP contribution < -0.4 is 9.67 Å². The first-order valence-electron chi connectivity index (χ1n) is 6.01. The van der Waals surface area contributed by atoms with Crippen LogP contribution in [0.15, 0.2) is 54.9 Å². The van der Waals surface area contributed by atoms with E-state index in [0.717, 1.165) is 24.9 Å². The fraction of sp³-hybridized carbons (Fsp3) is 0.200. The summed E-state index contributed by atoms with van der Waals surface area (Å²) in [5.41, 5.74) is 1.14. The van der Waals surface area contributed by atoms with Crippen LogP contribution in [0.25, 0.3) is 0 Å². The first kappa shape index (κ1) is 12.3. The van der Waals surface area contributed by atoms with E-state index in [1.165, 1.54) is 0 Å². The van der Waals surface area contributed by atoms with Crippen molar-refractivity contribution in [3.8, 4) is 0 Å². The van der Waals surface area contributed by atoms with E-state index in [4.69, 9.17) is 0 Å². The second-order valence-electron chi connectivity index (χ2n) is 4.16. The number of carbonyl (C=O) groups is 1.